The van der Waals surface area contributed by atoms with Gasteiger partial charge in [-0.3, -0.25) is 4.79 Å². The van der Waals surface area contributed by atoms with Crippen LogP contribution in [-0.4, -0.2) is 44.3 Å². The van der Waals surface area contributed by atoms with Crippen molar-refractivity contribution in [1.29, 1.82) is 0 Å². The van der Waals surface area contributed by atoms with Crippen molar-refractivity contribution in [2.45, 2.75) is 77.7 Å². The van der Waals surface area contributed by atoms with E-state index in [9.17, 15) is 4.79 Å². The number of nitrogens with zero attached hydrogens (tertiary/aromatic N) is 1. The molecule has 0 fully saturated rings. The number of unbranched alkanes of at least 4 members (excludes halogenated alkanes) is 6. The lowest BCUT2D eigenvalue weighted by molar-refractivity contribution is -0.903. The predicted octanol–water partition coefficient (Wildman–Crippen LogP) is 6.96. The molecule has 0 radical (unpaired) electrons. The number of aryl methyl sites for hydroxylation is 1. The van der Waals surface area contributed by atoms with Gasteiger partial charge in [0.2, 0.25) is 0 Å². The Kier molecular flexibility index (Phi) is 13.4. The third-order valence-corrected chi connectivity index (χ3v) is 6.18. The van der Waals surface area contributed by atoms with E-state index in [0.717, 1.165) is 36.2 Å². The molecule has 2 aromatic carbocycles. The smallest absolute Gasteiger partial charge is 0.306 e. The van der Waals surface area contributed by atoms with Gasteiger partial charge in [0.25, 0.3) is 0 Å². The summed E-state index contributed by atoms with van der Waals surface area (Å²) >= 11 is 0. The molecule has 0 aromatic heterocycles. The molecule has 0 aliphatic heterocycles. The highest BCUT2D eigenvalue weighted by atomic mass is 16.6. The van der Waals surface area contributed by atoms with E-state index in [4.69, 9.17) is 9.47 Å². The molecule has 4 nitrogen and oxygen atoms in total. The maximum absolute atomic E-state index is 12.1. The number of rotatable bonds is 18. The number of benzene rings is 2. The van der Waals surface area contributed by atoms with Crippen molar-refractivity contribution >= 4 is 5.97 Å². The molecule has 0 atom stereocenters. The number of hydrogen-bond donors (Lipinski definition) is 0. The lowest BCUT2D eigenvalue weighted by Crippen LogP contribution is -2.39. The second-order valence-electron chi connectivity index (χ2n) is 9.99. The third kappa shape index (κ3) is 12.8. The van der Waals surface area contributed by atoms with Crippen molar-refractivity contribution in [2.24, 2.45) is 0 Å². The molecule has 0 heterocycles. The Balaban J connectivity index is 1.55. The second kappa shape index (κ2) is 16.3. The van der Waals surface area contributed by atoms with Gasteiger partial charge in [-0.25, -0.2) is 0 Å². The van der Waals surface area contributed by atoms with Gasteiger partial charge in [0, 0.05) is 12.0 Å². The monoisotopic (exact) mass is 468 g/mol. The average Bonchev–Trinajstić information content (AvgIpc) is 2.82. The van der Waals surface area contributed by atoms with E-state index in [1.165, 1.54) is 56.1 Å². The predicted molar refractivity (Wildman–Crippen MR) is 141 cm³/mol. The highest BCUT2D eigenvalue weighted by Crippen LogP contribution is 2.17. The van der Waals surface area contributed by atoms with Crippen LogP contribution in [0.5, 0.6) is 5.75 Å². The Morgan fingerprint density at radius 1 is 0.794 bits per heavy atom. The number of hydrogen-bond acceptors (Lipinski definition) is 3. The normalized spacial score (nSPS) is 11.4. The summed E-state index contributed by atoms with van der Waals surface area (Å²) in [5, 5.41) is 0. The molecule has 188 valence electrons. The summed E-state index contributed by atoms with van der Waals surface area (Å²) in [5.74, 6) is 0.715. The summed E-state index contributed by atoms with van der Waals surface area (Å²) in [6.07, 6.45) is 11.6. The number of carbonyl (C=O) groups excluding carboxylic acids is 1. The summed E-state index contributed by atoms with van der Waals surface area (Å²) in [6.45, 7) is 4.84. The van der Waals surface area contributed by atoms with Gasteiger partial charge in [-0.15, -0.1) is 0 Å². The topological polar surface area (TPSA) is 35.5 Å². The van der Waals surface area contributed by atoms with Gasteiger partial charge in [0.05, 0.1) is 27.1 Å². The van der Waals surface area contributed by atoms with Crippen LogP contribution in [0, 0.1) is 0 Å². The lowest BCUT2D eigenvalue weighted by Gasteiger charge is -2.29. The number of quaternary nitrogens is 1. The van der Waals surface area contributed by atoms with Gasteiger partial charge in [-0.2, -0.15) is 0 Å². The SMILES string of the molecule is CCCCCCCCCc1cccc(OCCOC(=O)CCC[N+](C)(C)Cc2ccccc2)c1. The second-order valence-corrected chi connectivity index (χ2v) is 9.99. The van der Waals surface area contributed by atoms with Crippen LogP contribution in [0.1, 0.15) is 75.8 Å². The van der Waals surface area contributed by atoms with Crippen LogP contribution < -0.4 is 4.74 Å². The molecule has 2 rings (SSSR count). The Morgan fingerprint density at radius 2 is 1.50 bits per heavy atom. The van der Waals surface area contributed by atoms with E-state index in [2.05, 4.69) is 57.4 Å². The van der Waals surface area contributed by atoms with Crippen molar-refractivity contribution in [2.75, 3.05) is 33.9 Å². The van der Waals surface area contributed by atoms with E-state index in [1.54, 1.807) is 0 Å². The largest absolute Gasteiger partial charge is 0.490 e. The fourth-order valence-electron chi connectivity index (χ4n) is 4.27. The van der Waals surface area contributed by atoms with Crippen molar-refractivity contribution in [1.82, 2.24) is 0 Å². The molecule has 4 heteroatoms. The van der Waals surface area contributed by atoms with Crippen LogP contribution in [-0.2, 0) is 22.5 Å². The Morgan fingerprint density at radius 3 is 2.26 bits per heavy atom. The first-order valence-electron chi connectivity index (χ1n) is 13.2. The minimum Gasteiger partial charge on any atom is -0.490 e. The molecule has 0 aliphatic rings. The van der Waals surface area contributed by atoms with Crippen molar-refractivity contribution in [3.05, 3.63) is 65.7 Å². The molecule has 0 aliphatic carbocycles. The quantitative estimate of drug-likeness (QED) is 0.135. The molecule has 0 saturated carbocycles. The van der Waals surface area contributed by atoms with Gasteiger partial charge >= 0.3 is 5.97 Å². The molecule has 0 saturated heterocycles. The summed E-state index contributed by atoms with van der Waals surface area (Å²) in [6, 6.07) is 18.8. The molecule has 2 aromatic rings. The number of carbonyl (C=O) groups is 1. The molecule has 0 spiro atoms. The van der Waals surface area contributed by atoms with E-state index in [1.807, 2.05) is 18.2 Å². The van der Waals surface area contributed by atoms with Crippen molar-refractivity contribution in [3.8, 4) is 5.75 Å². The van der Waals surface area contributed by atoms with Gasteiger partial charge in [-0.05, 0) is 30.5 Å². The zero-order chi connectivity index (χ0) is 24.5. The Bertz CT molecular complexity index is 804. The number of esters is 1. The first kappa shape index (κ1) is 27.9. The van der Waals surface area contributed by atoms with Crippen LogP contribution in [0.2, 0.25) is 0 Å². The fraction of sp³-hybridized carbons (Fsp3) is 0.567. The maximum Gasteiger partial charge on any atom is 0.306 e. The first-order chi connectivity index (χ1) is 16.5. The Hall–Kier alpha value is -2.33. The average molecular weight is 469 g/mol. The highest BCUT2D eigenvalue weighted by molar-refractivity contribution is 5.69. The van der Waals surface area contributed by atoms with E-state index in [-0.39, 0.29) is 5.97 Å². The molecule has 34 heavy (non-hydrogen) atoms. The molecule has 0 bridgehead atoms. The minimum atomic E-state index is -0.143. The van der Waals surface area contributed by atoms with Crippen LogP contribution in [0.25, 0.3) is 0 Å². The van der Waals surface area contributed by atoms with Gasteiger partial charge in [0.15, 0.2) is 0 Å². The molecule has 0 amide bonds. The van der Waals surface area contributed by atoms with E-state index < -0.39 is 0 Å². The molecule has 0 unspecified atom stereocenters. The Labute approximate surface area is 207 Å². The van der Waals surface area contributed by atoms with Crippen molar-refractivity contribution < 1.29 is 18.8 Å². The summed E-state index contributed by atoms with van der Waals surface area (Å²) in [5.41, 5.74) is 2.64. The van der Waals surface area contributed by atoms with Gasteiger partial charge < -0.3 is 14.0 Å². The van der Waals surface area contributed by atoms with Crippen LogP contribution in [0.4, 0.5) is 0 Å². The zero-order valence-electron chi connectivity index (χ0n) is 21.8. The highest BCUT2D eigenvalue weighted by Gasteiger charge is 2.16. The third-order valence-electron chi connectivity index (χ3n) is 6.18. The zero-order valence-corrected chi connectivity index (χ0v) is 21.8. The summed E-state index contributed by atoms with van der Waals surface area (Å²) < 4.78 is 12.0. The van der Waals surface area contributed by atoms with E-state index >= 15 is 0 Å². The van der Waals surface area contributed by atoms with Crippen LogP contribution in [0.3, 0.4) is 0 Å². The molecule has 0 N–H and O–H groups in total. The fourth-order valence-corrected chi connectivity index (χ4v) is 4.27. The van der Waals surface area contributed by atoms with Crippen LogP contribution in [0.15, 0.2) is 54.6 Å². The van der Waals surface area contributed by atoms with Crippen molar-refractivity contribution in [3.63, 3.8) is 0 Å². The summed E-state index contributed by atoms with van der Waals surface area (Å²) in [7, 11) is 4.40. The van der Waals surface area contributed by atoms with E-state index in [0.29, 0.717) is 19.6 Å². The number of ether oxygens (including phenoxy) is 2. The molecular formula is C30H46NO3+. The maximum atomic E-state index is 12.1. The first-order valence-corrected chi connectivity index (χ1v) is 13.2. The summed E-state index contributed by atoms with van der Waals surface area (Å²) in [4.78, 5) is 12.1. The lowest BCUT2D eigenvalue weighted by atomic mass is 10.0. The van der Waals surface area contributed by atoms with Gasteiger partial charge in [-0.1, -0.05) is 87.9 Å². The van der Waals surface area contributed by atoms with Gasteiger partial charge in [0.1, 0.15) is 25.5 Å². The van der Waals surface area contributed by atoms with Crippen LogP contribution >= 0.6 is 0 Å². The minimum absolute atomic E-state index is 0.143. The molecular weight excluding hydrogens is 422 g/mol. The standard InChI is InChI=1S/C30H46NO3/c1-4-5-6-7-8-9-11-16-27-19-14-20-29(25-27)33-23-24-34-30(32)21-15-22-31(2,3)26-28-17-12-10-13-18-28/h10,12-14,17-20,25H,4-9,11,15-16,21-24,26H2,1-3H3/q+1.